The molecule has 28 heavy (non-hydrogen) atoms. The first-order valence-corrected chi connectivity index (χ1v) is 9.86. The Hall–Kier alpha value is -2.70. The lowest BCUT2D eigenvalue weighted by Crippen LogP contribution is -2.32. The Morgan fingerprint density at radius 2 is 1.86 bits per heavy atom. The molecule has 2 aromatic heterocycles. The highest BCUT2D eigenvalue weighted by molar-refractivity contribution is 7.80. The van der Waals surface area contributed by atoms with Gasteiger partial charge in [0, 0.05) is 29.8 Å². The van der Waals surface area contributed by atoms with Crippen LogP contribution in [0.25, 0.3) is 5.69 Å². The molecule has 0 saturated carbocycles. The number of β-amino-alcohol motifs (C(OH)–C–C–N with tert-alkyl or cyclic N) is 1. The molecular weight excluding hydrogens is 368 g/mol. The van der Waals surface area contributed by atoms with Crippen molar-refractivity contribution in [3.05, 3.63) is 83.4 Å². The molecule has 3 heterocycles. The second-order valence-corrected chi connectivity index (χ2v) is 7.43. The van der Waals surface area contributed by atoms with Gasteiger partial charge in [-0.3, -0.25) is 4.98 Å². The van der Waals surface area contributed by atoms with E-state index < -0.39 is 0 Å². The van der Waals surface area contributed by atoms with E-state index in [4.69, 9.17) is 12.2 Å². The van der Waals surface area contributed by atoms with Crippen molar-refractivity contribution in [1.82, 2.24) is 19.8 Å². The van der Waals surface area contributed by atoms with Gasteiger partial charge in [0.15, 0.2) is 5.11 Å². The summed E-state index contributed by atoms with van der Waals surface area (Å²) in [5, 5.41) is 13.7. The Kier molecular flexibility index (Phi) is 5.15. The number of para-hydroxylation sites is 1. The Bertz CT molecular complexity index is 971. The summed E-state index contributed by atoms with van der Waals surface area (Å²) in [5.74, 6) is 0. The van der Waals surface area contributed by atoms with E-state index >= 15 is 0 Å². The highest BCUT2D eigenvalue weighted by atomic mass is 32.1. The Balaban J connectivity index is 1.83. The summed E-state index contributed by atoms with van der Waals surface area (Å²) in [4.78, 5) is 6.64. The first kappa shape index (κ1) is 18.7. The lowest BCUT2D eigenvalue weighted by Gasteiger charge is -2.27. The van der Waals surface area contributed by atoms with Gasteiger partial charge in [0.2, 0.25) is 0 Å². The van der Waals surface area contributed by atoms with Gasteiger partial charge >= 0.3 is 0 Å². The highest BCUT2D eigenvalue weighted by Crippen LogP contribution is 2.41. The first-order valence-electron chi connectivity index (χ1n) is 9.45. The molecule has 0 aliphatic carbocycles. The van der Waals surface area contributed by atoms with Gasteiger partial charge in [-0.25, -0.2) is 0 Å². The van der Waals surface area contributed by atoms with Crippen molar-refractivity contribution >= 4 is 17.3 Å². The minimum Gasteiger partial charge on any atom is -0.395 e. The van der Waals surface area contributed by atoms with Gasteiger partial charge in [0.05, 0.1) is 24.4 Å². The molecule has 2 atom stereocenters. The number of aliphatic hydroxyl groups excluding tert-OH is 1. The van der Waals surface area contributed by atoms with E-state index in [1.165, 1.54) is 17.0 Å². The maximum Gasteiger partial charge on any atom is 0.170 e. The minimum absolute atomic E-state index is 0.0294. The van der Waals surface area contributed by atoms with Crippen molar-refractivity contribution < 1.29 is 5.11 Å². The van der Waals surface area contributed by atoms with Crippen molar-refractivity contribution in [3.63, 3.8) is 0 Å². The molecule has 1 aliphatic rings. The summed E-state index contributed by atoms with van der Waals surface area (Å²) >= 11 is 5.61. The van der Waals surface area contributed by atoms with Gasteiger partial charge < -0.3 is 19.9 Å². The summed E-state index contributed by atoms with van der Waals surface area (Å²) in [6.07, 6.45) is 1.80. The predicted molar refractivity (Wildman–Crippen MR) is 114 cm³/mol. The quantitative estimate of drug-likeness (QED) is 0.652. The van der Waals surface area contributed by atoms with Crippen LogP contribution < -0.4 is 5.32 Å². The summed E-state index contributed by atoms with van der Waals surface area (Å²) < 4.78 is 2.27. The van der Waals surface area contributed by atoms with Gasteiger partial charge in [0.25, 0.3) is 0 Å². The molecule has 144 valence electrons. The maximum absolute atomic E-state index is 9.62. The second kappa shape index (κ2) is 7.73. The van der Waals surface area contributed by atoms with Gasteiger partial charge in [0.1, 0.15) is 0 Å². The number of hydrogen-bond donors (Lipinski definition) is 2. The van der Waals surface area contributed by atoms with Crippen LogP contribution in [0.15, 0.2) is 60.8 Å². The van der Waals surface area contributed by atoms with Crippen LogP contribution in [-0.2, 0) is 0 Å². The van der Waals surface area contributed by atoms with Crippen molar-refractivity contribution in [3.8, 4) is 5.69 Å². The van der Waals surface area contributed by atoms with Crippen LogP contribution >= 0.6 is 12.2 Å². The number of pyridine rings is 1. The van der Waals surface area contributed by atoms with Crippen LogP contribution in [0, 0.1) is 13.8 Å². The number of aryl methyl sites for hydroxylation is 1. The monoisotopic (exact) mass is 392 g/mol. The van der Waals surface area contributed by atoms with Gasteiger partial charge in [-0.05, 0) is 62.0 Å². The number of thiocarbonyl (C=S) groups is 1. The molecule has 3 aromatic rings. The molecule has 1 saturated heterocycles. The zero-order valence-electron chi connectivity index (χ0n) is 16.0. The summed E-state index contributed by atoms with van der Waals surface area (Å²) in [5.41, 5.74) is 5.61. The average Bonchev–Trinajstić information content (AvgIpc) is 3.19. The van der Waals surface area contributed by atoms with Crippen molar-refractivity contribution in [2.45, 2.75) is 25.9 Å². The molecule has 2 N–H and O–H groups in total. The standard InChI is InChI=1S/C22H24N4OS/c1-15-14-18(16(2)26(15)17-8-4-3-5-9-17)21-20(19-10-6-7-11-23-19)24-22(28)25(21)12-13-27/h3-11,14,20-21,27H,12-13H2,1-2H3,(H,24,28)/t20-,21-/m0/s1. The SMILES string of the molecule is Cc1cc([C@H]2[C@H](c3ccccn3)NC(=S)N2CCO)c(C)n1-c1ccccc1. The number of aromatic nitrogens is 2. The topological polar surface area (TPSA) is 53.3 Å². The molecule has 0 amide bonds. The van der Waals surface area contributed by atoms with Crippen molar-refractivity contribution in [2.24, 2.45) is 0 Å². The third-order valence-corrected chi connectivity index (χ3v) is 5.69. The van der Waals surface area contributed by atoms with E-state index in [0.29, 0.717) is 11.7 Å². The molecule has 0 spiro atoms. The summed E-state index contributed by atoms with van der Waals surface area (Å²) in [6, 6.07) is 18.4. The van der Waals surface area contributed by atoms with E-state index in [1.807, 2.05) is 24.3 Å². The van der Waals surface area contributed by atoms with Crippen molar-refractivity contribution in [1.29, 1.82) is 0 Å². The molecule has 5 nitrogen and oxygen atoms in total. The fraction of sp³-hybridized carbons (Fsp3) is 0.273. The van der Waals surface area contributed by atoms with Gasteiger partial charge in [-0.1, -0.05) is 24.3 Å². The molecule has 1 aliphatic heterocycles. The minimum atomic E-state index is -0.0648. The van der Waals surface area contributed by atoms with E-state index in [2.05, 4.69) is 63.9 Å². The summed E-state index contributed by atoms with van der Waals surface area (Å²) in [6.45, 7) is 4.79. The van der Waals surface area contributed by atoms with Crippen LogP contribution in [0.4, 0.5) is 0 Å². The van der Waals surface area contributed by atoms with Crippen LogP contribution in [0.1, 0.15) is 34.7 Å². The Morgan fingerprint density at radius 3 is 2.54 bits per heavy atom. The van der Waals surface area contributed by atoms with E-state index in [1.54, 1.807) is 6.20 Å². The number of nitrogens with one attached hydrogen (secondary N) is 1. The van der Waals surface area contributed by atoms with E-state index in [0.717, 1.165) is 11.4 Å². The third kappa shape index (κ3) is 3.19. The molecule has 1 aromatic carbocycles. The molecule has 4 rings (SSSR count). The van der Waals surface area contributed by atoms with E-state index in [-0.39, 0.29) is 18.7 Å². The smallest absolute Gasteiger partial charge is 0.170 e. The highest BCUT2D eigenvalue weighted by Gasteiger charge is 2.41. The fourth-order valence-corrected chi connectivity index (χ4v) is 4.49. The molecule has 0 radical (unpaired) electrons. The third-order valence-electron chi connectivity index (χ3n) is 5.34. The van der Waals surface area contributed by atoms with Crippen molar-refractivity contribution in [2.75, 3.05) is 13.2 Å². The van der Waals surface area contributed by atoms with Crippen LogP contribution in [0.2, 0.25) is 0 Å². The first-order chi connectivity index (χ1) is 13.6. The number of nitrogens with zero attached hydrogens (tertiary/aromatic N) is 3. The Morgan fingerprint density at radius 1 is 1.11 bits per heavy atom. The normalized spacial score (nSPS) is 19.1. The molecule has 0 bridgehead atoms. The van der Waals surface area contributed by atoms with Gasteiger partial charge in [-0.2, -0.15) is 0 Å². The lowest BCUT2D eigenvalue weighted by molar-refractivity contribution is 0.223. The molecule has 0 unspecified atom stereocenters. The maximum atomic E-state index is 9.62. The fourth-order valence-electron chi connectivity index (χ4n) is 4.15. The summed E-state index contributed by atoms with van der Waals surface area (Å²) in [7, 11) is 0. The zero-order chi connectivity index (χ0) is 19.7. The average molecular weight is 393 g/mol. The number of hydrogen-bond acceptors (Lipinski definition) is 3. The van der Waals surface area contributed by atoms with Crippen LogP contribution in [0.5, 0.6) is 0 Å². The number of benzene rings is 1. The van der Waals surface area contributed by atoms with Crippen LogP contribution in [0.3, 0.4) is 0 Å². The molecular formula is C22H24N4OS. The van der Waals surface area contributed by atoms with Crippen LogP contribution in [-0.4, -0.2) is 37.8 Å². The van der Waals surface area contributed by atoms with Gasteiger partial charge in [-0.15, -0.1) is 0 Å². The Labute approximate surface area is 170 Å². The lowest BCUT2D eigenvalue weighted by atomic mass is 9.97. The predicted octanol–water partition coefficient (Wildman–Crippen LogP) is 3.45. The zero-order valence-corrected chi connectivity index (χ0v) is 16.9. The largest absolute Gasteiger partial charge is 0.395 e. The molecule has 6 heteroatoms. The number of rotatable bonds is 5. The number of aliphatic hydroxyl groups is 1. The van der Waals surface area contributed by atoms with E-state index in [9.17, 15) is 5.11 Å². The molecule has 1 fully saturated rings. The second-order valence-electron chi connectivity index (χ2n) is 7.04.